The molecule has 2 N–H and O–H groups in total. The monoisotopic (exact) mass is 378 g/mol. The summed E-state index contributed by atoms with van der Waals surface area (Å²) in [6.45, 7) is 0. The average molecular weight is 378 g/mol. The highest BCUT2D eigenvalue weighted by Crippen LogP contribution is 2.34. The van der Waals surface area contributed by atoms with E-state index in [1.165, 1.54) is 0 Å². The molecule has 2 aromatic heterocycles. The van der Waals surface area contributed by atoms with Crippen molar-refractivity contribution < 1.29 is 9.53 Å². The van der Waals surface area contributed by atoms with Crippen molar-refractivity contribution in [3.05, 3.63) is 64.3 Å². The molecular weight excluding hydrogens is 356 g/mol. The van der Waals surface area contributed by atoms with Gasteiger partial charge in [0.1, 0.15) is 11.4 Å². The van der Waals surface area contributed by atoms with Crippen LogP contribution in [0.25, 0.3) is 10.8 Å². The molecule has 1 saturated carbocycles. The minimum atomic E-state index is -0.168. The van der Waals surface area contributed by atoms with Crippen LogP contribution in [-0.4, -0.2) is 34.2 Å². The van der Waals surface area contributed by atoms with Crippen LogP contribution < -0.4 is 15.6 Å². The topological polar surface area (TPSA) is 97.0 Å². The van der Waals surface area contributed by atoms with Gasteiger partial charge in [0.05, 0.1) is 24.4 Å². The second kappa shape index (κ2) is 7.80. The predicted octanol–water partition coefficient (Wildman–Crippen LogP) is 2.78. The largest absolute Gasteiger partial charge is 0.495 e. The summed E-state index contributed by atoms with van der Waals surface area (Å²) >= 11 is 0. The molecule has 1 fully saturated rings. The molecule has 144 valence electrons. The average Bonchev–Trinajstić information content (AvgIpc) is 2.75. The predicted molar refractivity (Wildman–Crippen MR) is 106 cm³/mol. The minimum Gasteiger partial charge on any atom is -0.495 e. The summed E-state index contributed by atoms with van der Waals surface area (Å²) in [4.78, 5) is 28.5. The number of rotatable bonds is 4. The summed E-state index contributed by atoms with van der Waals surface area (Å²) in [5, 5.41) is 11.6. The minimum absolute atomic E-state index is 0.113. The lowest BCUT2D eigenvalue weighted by atomic mass is 9.82. The molecule has 0 bridgehead atoms. The first-order valence-electron chi connectivity index (χ1n) is 9.44. The van der Waals surface area contributed by atoms with E-state index in [2.05, 4.69) is 20.5 Å². The van der Waals surface area contributed by atoms with Crippen LogP contribution in [0.1, 0.15) is 47.8 Å². The Kier molecular flexibility index (Phi) is 5.06. The normalized spacial score (nSPS) is 19.3. The van der Waals surface area contributed by atoms with Crippen LogP contribution in [0.2, 0.25) is 0 Å². The van der Waals surface area contributed by atoms with Crippen molar-refractivity contribution in [3.63, 3.8) is 0 Å². The number of nitrogens with one attached hydrogen (secondary N) is 2. The third kappa shape index (κ3) is 3.60. The Morgan fingerprint density at radius 2 is 1.86 bits per heavy atom. The number of amides is 1. The van der Waals surface area contributed by atoms with E-state index in [0.717, 1.165) is 36.8 Å². The summed E-state index contributed by atoms with van der Waals surface area (Å²) < 4.78 is 5.07. The Morgan fingerprint density at radius 1 is 1.11 bits per heavy atom. The molecule has 0 spiro atoms. The molecular formula is C21H22N4O3. The van der Waals surface area contributed by atoms with E-state index >= 15 is 0 Å². The van der Waals surface area contributed by atoms with Gasteiger partial charge < -0.3 is 10.1 Å². The van der Waals surface area contributed by atoms with Gasteiger partial charge in [0.25, 0.3) is 11.5 Å². The summed E-state index contributed by atoms with van der Waals surface area (Å²) in [7, 11) is 1.57. The third-order valence-corrected chi connectivity index (χ3v) is 5.38. The van der Waals surface area contributed by atoms with Crippen LogP contribution in [0.15, 0.2) is 47.4 Å². The first-order valence-corrected chi connectivity index (χ1v) is 9.44. The number of carbonyl (C=O) groups excluding carboxylic acids is 1. The number of carbonyl (C=O) groups is 1. The highest BCUT2D eigenvalue weighted by atomic mass is 16.5. The van der Waals surface area contributed by atoms with Crippen molar-refractivity contribution in [2.75, 3.05) is 7.11 Å². The number of ether oxygens (including phenoxy) is 1. The Labute approximate surface area is 162 Å². The number of benzene rings is 1. The second-order valence-corrected chi connectivity index (χ2v) is 7.09. The zero-order chi connectivity index (χ0) is 19.5. The Hall–Kier alpha value is -3.22. The zero-order valence-electron chi connectivity index (χ0n) is 15.6. The SMILES string of the molecule is COc1ccc(C(=O)N[C@H]2CC[C@H](c3n[nH]c(=O)c4ccccc43)CC2)nc1. The van der Waals surface area contributed by atoms with Crippen LogP contribution >= 0.6 is 0 Å². The molecule has 1 aromatic carbocycles. The Balaban J connectivity index is 1.42. The maximum atomic E-state index is 12.4. The fourth-order valence-corrected chi connectivity index (χ4v) is 3.85. The molecule has 0 saturated heterocycles. The van der Waals surface area contributed by atoms with Gasteiger partial charge in [-0.1, -0.05) is 18.2 Å². The van der Waals surface area contributed by atoms with E-state index in [1.807, 2.05) is 24.3 Å². The van der Waals surface area contributed by atoms with Gasteiger partial charge in [-0.3, -0.25) is 9.59 Å². The van der Waals surface area contributed by atoms with Crippen LogP contribution in [0, 0.1) is 0 Å². The van der Waals surface area contributed by atoms with Gasteiger partial charge in [-0.05, 0) is 43.9 Å². The molecule has 7 heteroatoms. The molecule has 0 radical (unpaired) electrons. The number of hydrogen-bond acceptors (Lipinski definition) is 5. The van der Waals surface area contributed by atoms with Crippen molar-refractivity contribution in [2.24, 2.45) is 0 Å². The third-order valence-electron chi connectivity index (χ3n) is 5.38. The van der Waals surface area contributed by atoms with E-state index in [4.69, 9.17) is 4.74 Å². The molecule has 1 aliphatic rings. The summed E-state index contributed by atoms with van der Waals surface area (Å²) in [6, 6.07) is 11.1. The lowest BCUT2D eigenvalue weighted by Crippen LogP contribution is -2.37. The number of pyridine rings is 1. The molecule has 0 atom stereocenters. The van der Waals surface area contributed by atoms with E-state index in [-0.39, 0.29) is 23.4 Å². The van der Waals surface area contributed by atoms with Gasteiger partial charge in [0.15, 0.2) is 0 Å². The van der Waals surface area contributed by atoms with Gasteiger partial charge in [-0.25, -0.2) is 10.1 Å². The zero-order valence-corrected chi connectivity index (χ0v) is 15.6. The quantitative estimate of drug-likeness (QED) is 0.728. The smallest absolute Gasteiger partial charge is 0.272 e. The van der Waals surface area contributed by atoms with Crippen molar-refractivity contribution >= 4 is 16.7 Å². The maximum absolute atomic E-state index is 12.4. The summed E-state index contributed by atoms with van der Waals surface area (Å²) in [5.41, 5.74) is 1.17. The molecule has 2 heterocycles. The molecule has 28 heavy (non-hydrogen) atoms. The van der Waals surface area contributed by atoms with Crippen molar-refractivity contribution in [1.29, 1.82) is 0 Å². The molecule has 3 aromatic rings. The van der Waals surface area contributed by atoms with Crippen LogP contribution in [-0.2, 0) is 0 Å². The molecule has 1 amide bonds. The maximum Gasteiger partial charge on any atom is 0.272 e. The number of hydrogen-bond donors (Lipinski definition) is 2. The van der Waals surface area contributed by atoms with Crippen molar-refractivity contribution in [3.8, 4) is 5.75 Å². The lowest BCUT2D eigenvalue weighted by molar-refractivity contribution is 0.0920. The van der Waals surface area contributed by atoms with E-state index in [0.29, 0.717) is 16.8 Å². The fourth-order valence-electron chi connectivity index (χ4n) is 3.85. The van der Waals surface area contributed by atoms with Gasteiger partial charge in [-0.15, -0.1) is 0 Å². The summed E-state index contributed by atoms with van der Waals surface area (Å²) in [6.07, 6.45) is 5.08. The number of methoxy groups -OCH3 is 1. The number of aromatic amines is 1. The first kappa shape index (κ1) is 18.2. The van der Waals surface area contributed by atoms with Crippen molar-refractivity contribution in [2.45, 2.75) is 37.6 Å². The first-order chi connectivity index (χ1) is 13.7. The lowest BCUT2D eigenvalue weighted by Gasteiger charge is -2.29. The highest BCUT2D eigenvalue weighted by Gasteiger charge is 2.26. The standard InChI is InChI=1S/C21H22N4O3/c1-28-15-10-11-18(22-12-15)21(27)23-14-8-6-13(7-9-14)19-16-4-2-3-5-17(16)20(26)25-24-19/h2-5,10-14H,6-9H2,1H3,(H,23,27)(H,25,26)/t13-,14-. The molecule has 7 nitrogen and oxygen atoms in total. The van der Waals surface area contributed by atoms with Crippen LogP contribution in [0.5, 0.6) is 5.75 Å². The van der Waals surface area contributed by atoms with E-state index < -0.39 is 0 Å². The van der Waals surface area contributed by atoms with Crippen LogP contribution in [0.3, 0.4) is 0 Å². The van der Waals surface area contributed by atoms with Gasteiger partial charge in [-0.2, -0.15) is 5.10 Å². The van der Waals surface area contributed by atoms with E-state index in [1.54, 1.807) is 25.4 Å². The van der Waals surface area contributed by atoms with Crippen molar-refractivity contribution in [1.82, 2.24) is 20.5 Å². The van der Waals surface area contributed by atoms with Gasteiger partial charge >= 0.3 is 0 Å². The van der Waals surface area contributed by atoms with Crippen LogP contribution in [0.4, 0.5) is 0 Å². The molecule has 0 unspecified atom stereocenters. The molecule has 0 aliphatic heterocycles. The van der Waals surface area contributed by atoms with Gasteiger partial charge in [0, 0.05) is 17.3 Å². The Morgan fingerprint density at radius 3 is 2.54 bits per heavy atom. The number of H-pyrrole nitrogens is 1. The highest BCUT2D eigenvalue weighted by molar-refractivity contribution is 5.92. The number of aromatic nitrogens is 3. The molecule has 1 aliphatic carbocycles. The fraction of sp³-hybridized carbons (Fsp3) is 0.333. The number of fused-ring (bicyclic) bond motifs is 1. The second-order valence-electron chi connectivity index (χ2n) is 7.09. The van der Waals surface area contributed by atoms with Gasteiger partial charge in [0.2, 0.25) is 0 Å². The summed E-state index contributed by atoms with van der Waals surface area (Å²) in [5.74, 6) is 0.727. The molecule has 4 rings (SSSR count). The van der Waals surface area contributed by atoms with E-state index in [9.17, 15) is 9.59 Å². The number of nitrogens with zero attached hydrogens (tertiary/aromatic N) is 2. The Bertz CT molecular complexity index is 1040.